The largest absolute Gasteiger partial charge is 0.477 e. The second kappa shape index (κ2) is 44.3. The van der Waals surface area contributed by atoms with Crippen molar-refractivity contribution in [2.45, 2.75) is 200 Å². The van der Waals surface area contributed by atoms with Gasteiger partial charge in [0.25, 0.3) is 6.29 Å². The summed E-state index contributed by atoms with van der Waals surface area (Å²) < 4.78 is 22.7. The van der Waals surface area contributed by atoms with E-state index >= 15 is 0 Å². The third-order valence-electron chi connectivity index (χ3n) is 10.2. The summed E-state index contributed by atoms with van der Waals surface area (Å²) in [4.78, 5) is 37.1. The number of nitrogens with zero attached hydrogens (tertiary/aromatic N) is 1. The predicted molar refractivity (Wildman–Crippen MR) is 258 cm³/mol. The molecule has 9 heteroatoms. The lowest BCUT2D eigenvalue weighted by atomic mass is 10.1. The van der Waals surface area contributed by atoms with Crippen LogP contribution in [-0.2, 0) is 33.3 Å². The zero-order valence-corrected chi connectivity index (χ0v) is 40.3. The van der Waals surface area contributed by atoms with Gasteiger partial charge in [-0.15, -0.1) is 0 Å². The van der Waals surface area contributed by atoms with Crippen molar-refractivity contribution in [3.05, 3.63) is 72.9 Å². The molecule has 0 saturated heterocycles. The molecule has 0 fully saturated rings. The van der Waals surface area contributed by atoms with Crippen LogP contribution in [0.2, 0.25) is 0 Å². The summed E-state index contributed by atoms with van der Waals surface area (Å²) in [6.07, 6.45) is 52.5. The van der Waals surface area contributed by atoms with Crippen molar-refractivity contribution in [1.29, 1.82) is 0 Å². The zero-order valence-electron chi connectivity index (χ0n) is 40.3. The van der Waals surface area contributed by atoms with E-state index in [-0.39, 0.29) is 32.2 Å². The Kier molecular flexibility index (Phi) is 42.0. The summed E-state index contributed by atoms with van der Waals surface area (Å²) in [7, 11) is 5.95. The van der Waals surface area contributed by atoms with E-state index in [4.69, 9.17) is 18.9 Å². The van der Waals surface area contributed by atoms with E-state index < -0.39 is 24.3 Å². The number of rotatable bonds is 44. The van der Waals surface area contributed by atoms with Gasteiger partial charge in [-0.3, -0.25) is 9.59 Å². The number of hydrogen-bond donors (Lipinski definition) is 1. The number of ether oxygens (including phenoxy) is 4. The number of quaternary nitrogens is 1. The van der Waals surface area contributed by atoms with Crippen molar-refractivity contribution < 1.29 is 42.9 Å². The Morgan fingerprint density at radius 2 is 0.919 bits per heavy atom. The molecule has 2 atom stereocenters. The van der Waals surface area contributed by atoms with Gasteiger partial charge in [0.1, 0.15) is 13.2 Å². The molecule has 9 nitrogen and oxygen atoms in total. The highest BCUT2D eigenvalue weighted by atomic mass is 16.7. The number of carbonyl (C=O) groups excluding carboxylic acids is 2. The lowest BCUT2D eigenvalue weighted by Crippen LogP contribution is -2.40. The molecule has 62 heavy (non-hydrogen) atoms. The minimum Gasteiger partial charge on any atom is -0.477 e. The monoisotopic (exact) mass is 871 g/mol. The van der Waals surface area contributed by atoms with Crippen LogP contribution in [0.4, 0.5) is 0 Å². The minimum atomic E-state index is -1.51. The fourth-order valence-corrected chi connectivity index (χ4v) is 6.43. The van der Waals surface area contributed by atoms with Crippen molar-refractivity contribution in [3.8, 4) is 0 Å². The third-order valence-corrected chi connectivity index (χ3v) is 10.2. The maximum Gasteiger partial charge on any atom is 0.361 e. The van der Waals surface area contributed by atoms with Crippen LogP contribution in [0.1, 0.15) is 187 Å². The van der Waals surface area contributed by atoms with Crippen LogP contribution in [0.3, 0.4) is 0 Å². The Morgan fingerprint density at radius 3 is 1.37 bits per heavy atom. The lowest BCUT2D eigenvalue weighted by molar-refractivity contribution is -0.870. The summed E-state index contributed by atoms with van der Waals surface area (Å²) in [5.74, 6) is -2.02. The molecule has 0 spiro atoms. The van der Waals surface area contributed by atoms with Crippen molar-refractivity contribution in [1.82, 2.24) is 0 Å². The smallest absolute Gasteiger partial charge is 0.361 e. The number of unbranched alkanes of at least 4 members (excludes halogenated alkanes) is 17. The first kappa shape index (κ1) is 58.7. The Labute approximate surface area is 379 Å². The van der Waals surface area contributed by atoms with Gasteiger partial charge in [-0.05, 0) is 64.2 Å². The fourth-order valence-electron chi connectivity index (χ4n) is 6.43. The van der Waals surface area contributed by atoms with Crippen molar-refractivity contribution in [2.75, 3.05) is 47.5 Å². The molecule has 0 rings (SSSR count). The Morgan fingerprint density at radius 1 is 0.500 bits per heavy atom. The first-order valence-electron chi connectivity index (χ1n) is 24.6. The number of aliphatic carboxylic acids is 1. The van der Waals surface area contributed by atoms with Gasteiger partial charge in [0, 0.05) is 12.8 Å². The second-order valence-electron chi connectivity index (χ2n) is 17.4. The number of esters is 2. The summed E-state index contributed by atoms with van der Waals surface area (Å²) in [6.45, 7) is 4.72. The van der Waals surface area contributed by atoms with Gasteiger partial charge in [-0.1, -0.05) is 183 Å². The summed E-state index contributed by atoms with van der Waals surface area (Å²) in [5, 5.41) is 9.64. The highest BCUT2D eigenvalue weighted by Crippen LogP contribution is 2.14. The number of carboxylic acid groups (broad SMARTS) is 1. The molecule has 0 amide bonds. The van der Waals surface area contributed by atoms with E-state index in [0.29, 0.717) is 23.9 Å². The van der Waals surface area contributed by atoms with Gasteiger partial charge < -0.3 is 28.5 Å². The average Bonchev–Trinajstić information content (AvgIpc) is 3.23. The third kappa shape index (κ3) is 44.8. The molecular weight excluding hydrogens is 779 g/mol. The second-order valence-corrected chi connectivity index (χ2v) is 17.4. The average molecular weight is 871 g/mol. The summed E-state index contributed by atoms with van der Waals surface area (Å²) in [5.41, 5.74) is 0. The van der Waals surface area contributed by atoms with Crippen molar-refractivity contribution >= 4 is 17.9 Å². The van der Waals surface area contributed by atoms with E-state index in [9.17, 15) is 19.5 Å². The zero-order chi connectivity index (χ0) is 45.6. The molecular formula is C53H92NO8+. The molecule has 0 heterocycles. The number of carboxylic acids is 1. The molecule has 0 aliphatic carbocycles. The van der Waals surface area contributed by atoms with Crippen LogP contribution < -0.4 is 0 Å². The highest BCUT2D eigenvalue weighted by Gasteiger charge is 2.25. The van der Waals surface area contributed by atoms with E-state index in [1.54, 1.807) is 0 Å². The van der Waals surface area contributed by atoms with Crippen LogP contribution in [0.15, 0.2) is 72.9 Å². The predicted octanol–water partition coefficient (Wildman–Crippen LogP) is 13.5. The maximum absolute atomic E-state index is 12.8. The number of hydrogen-bond acceptors (Lipinski definition) is 7. The first-order chi connectivity index (χ1) is 30.1. The number of likely N-dealkylation sites (N-methyl/N-ethyl adjacent to an activating group) is 1. The topological polar surface area (TPSA) is 108 Å². The molecule has 2 unspecified atom stereocenters. The molecule has 0 saturated carbocycles. The van der Waals surface area contributed by atoms with Gasteiger partial charge in [-0.25, -0.2) is 4.79 Å². The van der Waals surface area contributed by atoms with Crippen molar-refractivity contribution in [2.24, 2.45) is 0 Å². The molecule has 0 bridgehead atoms. The van der Waals surface area contributed by atoms with E-state index in [2.05, 4.69) is 86.8 Å². The standard InChI is InChI=1S/C53H91NO8/c1-6-8-10-12-14-16-18-19-20-21-22-23-24-25-26-27-28-29-30-31-32-33-34-36-38-40-42-44-51(56)62-49(48-61-53(52(57)58)59-46-45-54(3,4)5)47-60-50(55)43-41-39-37-35-17-15-13-11-9-7-2/h8,10,14,16,19-20,22-23,25-26,28-29,49,53H,6-7,9,11-13,15,17-18,21,24,27,30-48H2,1-5H3/p+1/b10-8-,16-14-,20-19-,23-22-,26-25-,29-28-. The van der Waals surface area contributed by atoms with Gasteiger partial charge in [0.05, 0.1) is 34.4 Å². The summed E-state index contributed by atoms with van der Waals surface area (Å²) >= 11 is 0. The SMILES string of the molecule is CC/C=C\C/C=C\C/C=C\C/C=C\C/C=C\C/C=C\CCCCCCCCCCC(=O)OC(COC(=O)CCCCCCCCCCCC)COC(OCC[N+](C)(C)C)C(=O)O. The molecule has 1 N–H and O–H groups in total. The van der Waals surface area contributed by atoms with Crippen molar-refractivity contribution in [3.63, 3.8) is 0 Å². The number of carbonyl (C=O) groups is 3. The highest BCUT2D eigenvalue weighted by molar-refractivity contribution is 5.71. The normalized spacial score (nSPS) is 13.5. The first-order valence-corrected chi connectivity index (χ1v) is 24.6. The molecule has 0 aromatic carbocycles. The number of allylic oxidation sites excluding steroid dienone is 12. The lowest BCUT2D eigenvalue weighted by Gasteiger charge is -2.25. The molecule has 0 radical (unpaired) electrons. The maximum atomic E-state index is 12.8. The molecule has 0 aliphatic rings. The Hall–Kier alpha value is -3.27. The van der Waals surface area contributed by atoms with Gasteiger partial charge in [0.2, 0.25) is 0 Å². The molecule has 0 aromatic heterocycles. The Balaban J connectivity index is 4.29. The fraction of sp³-hybridized carbons (Fsp3) is 0.717. The van der Waals surface area contributed by atoms with Gasteiger partial charge in [-0.2, -0.15) is 0 Å². The van der Waals surface area contributed by atoms with E-state index in [1.165, 1.54) is 70.6 Å². The Bertz CT molecular complexity index is 1240. The molecule has 356 valence electrons. The van der Waals surface area contributed by atoms with Crippen LogP contribution in [0.5, 0.6) is 0 Å². The molecule has 0 aliphatic heterocycles. The van der Waals surface area contributed by atoms with Crippen LogP contribution in [0.25, 0.3) is 0 Å². The minimum absolute atomic E-state index is 0.184. The van der Waals surface area contributed by atoms with Gasteiger partial charge in [0.15, 0.2) is 6.10 Å². The van der Waals surface area contributed by atoms with Crippen LogP contribution in [-0.4, -0.2) is 87.4 Å². The van der Waals surface area contributed by atoms with E-state index in [1.807, 2.05) is 21.1 Å². The van der Waals surface area contributed by atoms with Crippen LogP contribution in [0, 0.1) is 0 Å². The summed E-state index contributed by atoms with van der Waals surface area (Å²) in [6, 6.07) is 0. The van der Waals surface area contributed by atoms with Crippen LogP contribution >= 0.6 is 0 Å². The molecule has 0 aromatic rings. The quantitative estimate of drug-likeness (QED) is 0.0212. The van der Waals surface area contributed by atoms with E-state index in [0.717, 1.165) is 83.5 Å². The van der Waals surface area contributed by atoms with Gasteiger partial charge >= 0.3 is 17.9 Å².